The van der Waals surface area contributed by atoms with E-state index in [0.29, 0.717) is 29.1 Å². The molecule has 3 aliphatic rings. The van der Waals surface area contributed by atoms with Crippen molar-refractivity contribution in [3.8, 4) is 17.1 Å². The van der Waals surface area contributed by atoms with Gasteiger partial charge >= 0.3 is 11.9 Å². The van der Waals surface area contributed by atoms with Crippen LogP contribution in [0.3, 0.4) is 0 Å². The summed E-state index contributed by atoms with van der Waals surface area (Å²) in [5, 5.41) is 51.4. The maximum atomic E-state index is 13.5. The number of pyridine rings is 2. The highest BCUT2D eigenvalue weighted by Gasteiger charge is 2.47. The molecule has 6 rings (SSSR count). The molecular weight excluding hydrogens is 552 g/mol. The van der Waals surface area contributed by atoms with E-state index in [4.69, 9.17) is 19.2 Å². The number of aliphatic carboxylic acids is 1. The Morgan fingerprint density at radius 3 is 2.57 bits per heavy atom. The number of nitrogens with zero attached hydrogens (tertiary/aromatic N) is 2. The van der Waals surface area contributed by atoms with Gasteiger partial charge < -0.3 is 44.3 Å². The summed E-state index contributed by atoms with van der Waals surface area (Å²) >= 11 is 0. The number of carbonyl (C=O) groups excluding carboxylic acids is 1. The monoisotopic (exact) mass is 582 g/mol. The van der Waals surface area contributed by atoms with Crippen LogP contribution in [-0.2, 0) is 44.2 Å². The molecule has 0 aliphatic carbocycles. The number of rotatable bonds is 6. The Bertz CT molecular complexity index is 1680. The molecule has 3 aliphatic heterocycles. The van der Waals surface area contributed by atoms with Gasteiger partial charge in [0, 0.05) is 16.5 Å². The number of aliphatic hydroxyl groups excluding tert-OH is 3. The molecule has 0 bridgehead atoms. The van der Waals surface area contributed by atoms with Crippen molar-refractivity contribution in [3.05, 3.63) is 56.9 Å². The third-order valence-corrected chi connectivity index (χ3v) is 8.50. The highest BCUT2D eigenvalue weighted by atomic mass is 16.6. The zero-order valence-electron chi connectivity index (χ0n) is 22.8. The van der Waals surface area contributed by atoms with Gasteiger partial charge in [0.15, 0.2) is 11.7 Å². The van der Waals surface area contributed by atoms with Crippen LogP contribution in [-0.4, -0.2) is 84.1 Å². The average Bonchev–Trinajstić information content (AvgIpc) is 3.34. The van der Waals surface area contributed by atoms with E-state index in [2.05, 4.69) is 0 Å². The second-order valence-electron chi connectivity index (χ2n) is 10.8. The summed E-state index contributed by atoms with van der Waals surface area (Å²) in [7, 11) is 0. The number of carboxylic acid groups (broad SMARTS) is 1. The van der Waals surface area contributed by atoms with Gasteiger partial charge in [0.25, 0.3) is 5.56 Å². The van der Waals surface area contributed by atoms with Crippen molar-refractivity contribution in [1.29, 1.82) is 0 Å². The summed E-state index contributed by atoms with van der Waals surface area (Å²) in [6.07, 6.45) is -7.39. The Labute approximate surface area is 238 Å². The fourth-order valence-corrected chi connectivity index (χ4v) is 6.11. The summed E-state index contributed by atoms with van der Waals surface area (Å²) in [5.41, 5.74) is 1.64. The summed E-state index contributed by atoms with van der Waals surface area (Å²) < 4.78 is 17.8. The summed E-state index contributed by atoms with van der Waals surface area (Å²) in [5.74, 6) is -1.89. The molecule has 13 heteroatoms. The Morgan fingerprint density at radius 2 is 1.88 bits per heavy atom. The summed E-state index contributed by atoms with van der Waals surface area (Å²) in [6, 6.07) is 6.76. The molecule has 5 N–H and O–H groups in total. The number of aryl methyl sites for hydroxylation is 1. The first-order valence-electron chi connectivity index (χ1n) is 13.7. The van der Waals surface area contributed by atoms with Gasteiger partial charge in [-0.25, -0.2) is 14.6 Å². The van der Waals surface area contributed by atoms with E-state index in [9.17, 15) is 39.9 Å². The first-order valence-corrected chi connectivity index (χ1v) is 13.7. The van der Waals surface area contributed by atoms with Crippen LogP contribution in [0, 0.1) is 0 Å². The largest absolute Gasteiger partial charge is 0.491 e. The quantitative estimate of drug-likeness (QED) is 0.190. The Hall–Kier alpha value is -3.88. The molecule has 6 atom stereocenters. The maximum Gasteiger partial charge on any atom is 0.343 e. The van der Waals surface area contributed by atoms with Gasteiger partial charge in [-0.15, -0.1) is 0 Å². The second kappa shape index (κ2) is 10.1. The standard InChI is InChI=1S/C29H30N2O11/c1-3-13-14-7-12(40-11-20-22(32)23(33)24(34)25(42-20)27(36)37)5-6-18(14)30-21-15(13)9-31-19(21)8-17-16(26(31)35)10-41-28(38)29(17,39)4-2/h5-8,20,22-25,32-34,39H,3-4,9-11H2,1-2H3,(H,36,37)/t20-,22-,23+,24-,25-,29-/m0/s1. The van der Waals surface area contributed by atoms with Crippen LogP contribution in [0.2, 0.25) is 0 Å². The number of esters is 1. The maximum absolute atomic E-state index is 13.5. The predicted molar refractivity (Wildman–Crippen MR) is 144 cm³/mol. The molecule has 5 heterocycles. The van der Waals surface area contributed by atoms with Gasteiger partial charge in [0.2, 0.25) is 0 Å². The Balaban J connectivity index is 1.35. The fraction of sp³-hybridized carbons (Fsp3) is 0.448. The number of aliphatic hydroxyl groups is 4. The van der Waals surface area contributed by atoms with Crippen LogP contribution < -0.4 is 10.3 Å². The lowest BCUT2D eigenvalue weighted by molar-refractivity contribution is -0.231. The molecule has 1 aromatic carbocycles. The molecule has 13 nitrogen and oxygen atoms in total. The molecule has 0 amide bonds. The predicted octanol–water partition coefficient (Wildman–Crippen LogP) is -0.0445. The van der Waals surface area contributed by atoms with E-state index >= 15 is 0 Å². The van der Waals surface area contributed by atoms with Gasteiger partial charge in [0.05, 0.1) is 29.0 Å². The smallest absolute Gasteiger partial charge is 0.343 e. The summed E-state index contributed by atoms with van der Waals surface area (Å²) in [4.78, 5) is 42.2. The molecule has 1 saturated heterocycles. The number of aromatic nitrogens is 2. The molecule has 0 saturated carbocycles. The average molecular weight is 583 g/mol. The Morgan fingerprint density at radius 1 is 1.12 bits per heavy atom. The van der Waals surface area contributed by atoms with Crippen molar-refractivity contribution in [2.75, 3.05) is 6.61 Å². The van der Waals surface area contributed by atoms with Crippen molar-refractivity contribution in [2.24, 2.45) is 0 Å². The van der Waals surface area contributed by atoms with Crippen LogP contribution in [0.25, 0.3) is 22.3 Å². The van der Waals surface area contributed by atoms with Crippen LogP contribution in [0.4, 0.5) is 0 Å². The van der Waals surface area contributed by atoms with E-state index in [-0.39, 0.29) is 42.9 Å². The van der Waals surface area contributed by atoms with Gasteiger partial charge in [-0.2, -0.15) is 0 Å². The number of fused-ring (bicyclic) bond motifs is 5. The van der Waals surface area contributed by atoms with Gasteiger partial charge in [-0.1, -0.05) is 13.8 Å². The van der Waals surface area contributed by atoms with Crippen molar-refractivity contribution in [3.63, 3.8) is 0 Å². The van der Waals surface area contributed by atoms with Crippen molar-refractivity contribution < 1.29 is 49.3 Å². The zero-order valence-corrected chi connectivity index (χ0v) is 22.8. The van der Waals surface area contributed by atoms with Crippen molar-refractivity contribution in [2.45, 2.75) is 76.0 Å². The molecule has 0 spiro atoms. The minimum atomic E-state index is -1.92. The zero-order chi connectivity index (χ0) is 30.1. The van der Waals surface area contributed by atoms with Gasteiger partial charge in [-0.3, -0.25) is 4.79 Å². The molecule has 1 fully saturated rings. The topological polar surface area (TPSA) is 198 Å². The minimum absolute atomic E-state index is 0.0438. The van der Waals surface area contributed by atoms with E-state index < -0.39 is 48.1 Å². The van der Waals surface area contributed by atoms with Crippen molar-refractivity contribution in [1.82, 2.24) is 9.55 Å². The lowest BCUT2D eigenvalue weighted by Crippen LogP contribution is -2.61. The molecule has 0 radical (unpaired) electrons. The molecule has 0 unspecified atom stereocenters. The minimum Gasteiger partial charge on any atom is -0.491 e. The third-order valence-electron chi connectivity index (χ3n) is 8.50. The number of hydrogen-bond acceptors (Lipinski definition) is 11. The third kappa shape index (κ3) is 4.11. The Kier molecular flexibility index (Phi) is 6.82. The molecule has 222 valence electrons. The summed E-state index contributed by atoms with van der Waals surface area (Å²) in [6.45, 7) is 3.34. The number of carbonyl (C=O) groups is 2. The van der Waals surface area contributed by atoms with Crippen molar-refractivity contribution >= 4 is 22.8 Å². The lowest BCUT2D eigenvalue weighted by atomic mass is 9.86. The SMILES string of the molecule is CCc1c2c(nc3ccc(OC[C@@H]4O[C@H](C(=O)O)[C@@H](O)[C@H](O)[C@H]4O)cc13)-c1cc3c(c(=O)n1C2)COC(=O)[C@]3(O)CC. The van der Waals surface area contributed by atoms with Crippen LogP contribution >= 0.6 is 0 Å². The number of ether oxygens (including phenoxy) is 3. The number of carboxylic acids is 1. The highest BCUT2D eigenvalue weighted by Crippen LogP contribution is 2.40. The van der Waals surface area contributed by atoms with E-state index in [1.54, 1.807) is 35.8 Å². The number of benzene rings is 1. The lowest BCUT2D eigenvalue weighted by Gasteiger charge is -2.38. The van der Waals surface area contributed by atoms with Gasteiger partial charge in [-0.05, 0) is 42.7 Å². The fourth-order valence-electron chi connectivity index (χ4n) is 6.11. The highest BCUT2D eigenvalue weighted by molar-refractivity contribution is 5.90. The molecule has 42 heavy (non-hydrogen) atoms. The van der Waals surface area contributed by atoms with E-state index in [1.807, 2.05) is 6.92 Å². The molecular formula is C29H30N2O11. The van der Waals surface area contributed by atoms with E-state index in [1.165, 1.54) is 0 Å². The van der Waals surface area contributed by atoms with Crippen LogP contribution in [0.15, 0.2) is 29.1 Å². The molecule has 3 aromatic rings. The van der Waals surface area contributed by atoms with E-state index in [0.717, 1.165) is 16.5 Å². The first-order chi connectivity index (χ1) is 20.0. The number of cyclic esters (lactones) is 1. The van der Waals surface area contributed by atoms with Crippen LogP contribution in [0.1, 0.15) is 42.5 Å². The van der Waals surface area contributed by atoms with Gasteiger partial charge in [0.1, 0.15) is 43.4 Å². The first kappa shape index (κ1) is 28.2. The molecule has 2 aromatic heterocycles. The second-order valence-corrected chi connectivity index (χ2v) is 10.8. The normalized spacial score (nSPS) is 28.1. The number of hydrogen-bond donors (Lipinski definition) is 5. The van der Waals surface area contributed by atoms with Crippen LogP contribution in [0.5, 0.6) is 5.75 Å².